The summed E-state index contributed by atoms with van der Waals surface area (Å²) >= 11 is 0. The Labute approximate surface area is 149 Å². The maximum absolute atomic E-state index is 12.9. The van der Waals surface area contributed by atoms with Crippen molar-refractivity contribution in [1.29, 1.82) is 0 Å². The summed E-state index contributed by atoms with van der Waals surface area (Å²) in [4.78, 5) is 15.1. The molecule has 2 aliphatic rings. The molecule has 140 valence electrons. The van der Waals surface area contributed by atoms with Gasteiger partial charge in [-0.15, -0.1) is 0 Å². The Kier molecular flexibility index (Phi) is 5.48. The van der Waals surface area contributed by atoms with Crippen LogP contribution in [0.2, 0.25) is 0 Å². The van der Waals surface area contributed by atoms with Gasteiger partial charge in [0.1, 0.15) is 5.54 Å². The van der Waals surface area contributed by atoms with Gasteiger partial charge in [0.05, 0.1) is 5.75 Å². The second-order valence-electron chi connectivity index (χ2n) is 7.21. The minimum atomic E-state index is -2.96. The molecule has 1 saturated heterocycles. The lowest BCUT2D eigenvalue weighted by atomic mass is 9.86. The molecule has 0 unspecified atom stereocenters. The first kappa shape index (κ1) is 18.4. The summed E-state index contributed by atoms with van der Waals surface area (Å²) in [6, 6.07) is 1.84. The average Bonchev–Trinajstić information content (AvgIpc) is 3.29. The zero-order valence-electron chi connectivity index (χ0n) is 14.9. The third kappa shape index (κ3) is 4.41. The van der Waals surface area contributed by atoms with Crippen molar-refractivity contribution in [2.24, 2.45) is 5.92 Å². The molecule has 8 heteroatoms. The number of likely N-dealkylation sites (tertiary alicyclic amines) is 1. The summed E-state index contributed by atoms with van der Waals surface area (Å²) in [5.74, 6) is 1.05. The van der Waals surface area contributed by atoms with Crippen LogP contribution in [0.4, 0.5) is 0 Å². The van der Waals surface area contributed by atoms with Gasteiger partial charge in [-0.2, -0.15) is 5.10 Å². The molecule has 1 amide bonds. The lowest BCUT2D eigenvalue weighted by molar-refractivity contribution is -0.133. The van der Waals surface area contributed by atoms with E-state index >= 15 is 0 Å². The maximum Gasteiger partial charge on any atom is 0.248 e. The number of hydrogen-bond donors (Lipinski definition) is 1. The van der Waals surface area contributed by atoms with E-state index in [2.05, 4.69) is 15.3 Å². The Bertz CT molecular complexity index is 675. The second-order valence-corrected chi connectivity index (χ2v) is 9.69. The highest BCUT2D eigenvalue weighted by Gasteiger charge is 2.44. The lowest BCUT2D eigenvalue weighted by Gasteiger charge is -2.40. The van der Waals surface area contributed by atoms with E-state index in [1.165, 1.54) is 12.8 Å². The summed E-state index contributed by atoms with van der Waals surface area (Å²) in [6.45, 7) is 4.37. The molecule has 2 fully saturated rings. The van der Waals surface area contributed by atoms with Crippen LogP contribution in [-0.2, 0) is 20.2 Å². The summed E-state index contributed by atoms with van der Waals surface area (Å²) in [6.07, 6.45) is 7.27. The first-order valence-electron chi connectivity index (χ1n) is 9.16. The molecular weight excluding hydrogens is 340 g/mol. The molecule has 0 radical (unpaired) electrons. The van der Waals surface area contributed by atoms with Gasteiger partial charge in [0.25, 0.3) is 0 Å². The first-order valence-corrected chi connectivity index (χ1v) is 11.0. The second kappa shape index (κ2) is 7.45. The Balaban J connectivity index is 1.63. The van der Waals surface area contributed by atoms with Crippen LogP contribution in [0.3, 0.4) is 0 Å². The summed E-state index contributed by atoms with van der Waals surface area (Å²) < 4.78 is 25.2. The number of rotatable bonds is 8. The van der Waals surface area contributed by atoms with E-state index in [9.17, 15) is 13.2 Å². The highest BCUT2D eigenvalue weighted by atomic mass is 32.2. The molecule has 2 heterocycles. The monoisotopic (exact) mass is 368 g/mol. The van der Waals surface area contributed by atoms with E-state index in [-0.39, 0.29) is 17.4 Å². The predicted octanol–water partition coefficient (Wildman–Crippen LogP) is 0.635. The van der Waals surface area contributed by atoms with E-state index in [0.717, 1.165) is 6.54 Å². The van der Waals surface area contributed by atoms with Crippen molar-refractivity contribution in [2.75, 3.05) is 37.7 Å². The maximum atomic E-state index is 12.9. The third-order valence-corrected chi connectivity index (χ3v) is 7.14. The summed E-state index contributed by atoms with van der Waals surface area (Å²) in [5, 5.41) is 7.45. The average molecular weight is 369 g/mol. The Morgan fingerprint density at radius 2 is 2.04 bits per heavy atom. The van der Waals surface area contributed by atoms with Crippen molar-refractivity contribution in [3.63, 3.8) is 0 Å². The number of sulfone groups is 1. The van der Waals surface area contributed by atoms with Gasteiger partial charge in [-0.05, 0) is 37.7 Å². The molecule has 1 aromatic rings. The SMILES string of the molecule is CCS(=O)(=O)CCN1CCC(C(=O)NCC2CC2)(n2cccn2)CC1. The molecular formula is C17H28N4O3S. The topological polar surface area (TPSA) is 84.3 Å². The first-order chi connectivity index (χ1) is 12.0. The van der Waals surface area contributed by atoms with Crippen molar-refractivity contribution >= 4 is 15.7 Å². The van der Waals surface area contributed by atoms with Crippen LogP contribution in [0.25, 0.3) is 0 Å². The van der Waals surface area contributed by atoms with E-state index in [1.807, 2.05) is 12.3 Å². The largest absolute Gasteiger partial charge is 0.354 e. The number of amides is 1. The van der Waals surface area contributed by atoms with Crippen LogP contribution in [0.1, 0.15) is 32.6 Å². The highest BCUT2D eigenvalue weighted by Crippen LogP contribution is 2.32. The lowest BCUT2D eigenvalue weighted by Crippen LogP contribution is -2.56. The van der Waals surface area contributed by atoms with E-state index < -0.39 is 15.4 Å². The number of nitrogens with one attached hydrogen (secondary N) is 1. The minimum Gasteiger partial charge on any atom is -0.354 e. The summed E-state index contributed by atoms with van der Waals surface area (Å²) in [5.41, 5.74) is -0.654. The number of piperidine rings is 1. The normalized spacial score (nSPS) is 21.2. The third-order valence-electron chi connectivity index (χ3n) is 5.46. The standard InChI is InChI=1S/C17H28N4O3S/c1-2-25(23,24)13-12-20-10-6-17(7-11-20,21-9-3-8-19-21)16(22)18-14-15-4-5-15/h3,8-9,15H,2,4-7,10-14H2,1H3,(H,18,22). The van der Waals surface area contributed by atoms with E-state index in [4.69, 9.17) is 0 Å². The van der Waals surface area contributed by atoms with Gasteiger partial charge >= 0.3 is 0 Å². The van der Waals surface area contributed by atoms with Crippen molar-refractivity contribution < 1.29 is 13.2 Å². The smallest absolute Gasteiger partial charge is 0.248 e. The predicted molar refractivity (Wildman–Crippen MR) is 95.9 cm³/mol. The zero-order valence-corrected chi connectivity index (χ0v) is 15.7. The van der Waals surface area contributed by atoms with Gasteiger partial charge in [0, 0.05) is 44.3 Å². The van der Waals surface area contributed by atoms with Crippen molar-refractivity contribution in [3.8, 4) is 0 Å². The molecule has 0 bridgehead atoms. The van der Waals surface area contributed by atoms with Gasteiger partial charge in [-0.1, -0.05) is 6.92 Å². The number of nitrogens with zero attached hydrogens (tertiary/aromatic N) is 3. The molecule has 1 saturated carbocycles. The van der Waals surface area contributed by atoms with Crippen LogP contribution in [0.15, 0.2) is 18.5 Å². The zero-order chi connectivity index (χ0) is 17.9. The van der Waals surface area contributed by atoms with Crippen molar-refractivity contribution in [3.05, 3.63) is 18.5 Å². The van der Waals surface area contributed by atoms with Gasteiger partial charge in [0.15, 0.2) is 9.84 Å². The van der Waals surface area contributed by atoms with Crippen LogP contribution in [-0.4, -0.2) is 66.7 Å². The fraction of sp³-hybridized carbons (Fsp3) is 0.765. The fourth-order valence-electron chi connectivity index (χ4n) is 3.36. The number of aromatic nitrogens is 2. The van der Waals surface area contributed by atoms with E-state index in [0.29, 0.717) is 38.4 Å². The van der Waals surface area contributed by atoms with Gasteiger partial charge in [-0.25, -0.2) is 8.42 Å². The molecule has 1 N–H and O–H groups in total. The van der Waals surface area contributed by atoms with Crippen LogP contribution >= 0.6 is 0 Å². The van der Waals surface area contributed by atoms with Gasteiger partial charge in [-0.3, -0.25) is 9.48 Å². The minimum absolute atomic E-state index is 0.0453. The fourth-order valence-corrected chi connectivity index (χ4v) is 4.19. The van der Waals surface area contributed by atoms with Crippen LogP contribution < -0.4 is 5.32 Å². The number of carbonyl (C=O) groups excluding carboxylic acids is 1. The van der Waals surface area contributed by atoms with Crippen molar-refractivity contribution in [2.45, 2.75) is 38.1 Å². The number of hydrogen-bond acceptors (Lipinski definition) is 5. The summed E-state index contributed by atoms with van der Waals surface area (Å²) in [7, 11) is -2.96. The quantitative estimate of drug-likeness (QED) is 0.728. The molecule has 25 heavy (non-hydrogen) atoms. The Morgan fingerprint density at radius 1 is 1.32 bits per heavy atom. The molecule has 1 aliphatic carbocycles. The van der Waals surface area contributed by atoms with Crippen molar-refractivity contribution in [1.82, 2.24) is 20.0 Å². The van der Waals surface area contributed by atoms with Crippen LogP contribution in [0, 0.1) is 5.92 Å². The Hall–Kier alpha value is -1.41. The number of carbonyl (C=O) groups is 1. The highest BCUT2D eigenvalue weighted by molar-refractivity contribution is 7.91. The molecule has 0 spiro atoms. The van der Waals surface area contributed by atoms with E-state index in [1.54, 1.807) is 17.8 Å². The Morgan fingerprint density at radius 3 is 2.60 bits per heavy atom. The molecule has 1 aliphatic heterocycles. The van der Waals surface area contributed by atoms with Gasteiger partial charge < -0.3 is 10.2 Å². The molecule has 0 aromatic carbocycles. The molecule has 0 atom stereocenters. The molecule has 1 aromatic heterocycles. The van der Waals surface area contributed by atoms with Crippen LogP contribution in [0.5, 0.6) is 0 Å². The molecule has 3 rings (SSSR count). The molecule has 7 nitrogen and oxygen atoms in total. The van der Waals surface area contributed by atoms with Gasteiger partial charge in [0.2, 0.25) is 5.91 Å².